The molecule has 2 aromatic carbocycles. The Kier molecular flexibility index (Phi) is 11.8. The van der Waals surface area contributed by atoms with Crippen molar-refractivity contribution in [3.05, 3.63) is 59.2 Å². The zero-order valence-corrected chi connectivity index (χ0v) is 23.4. The van der Waals surface area contributed by atoms with Crippen LogP contribution < -0.4 is 5.32 Å². The van der Waals surface area contributed by atoms with Crippen molar-refractivity contribution in [1.82, 2.24) is 4.90 Å². The average molecular weight is 523 g/mol. The number of ether oxygens (including phenoxy) is 1. The van der Waals surface area contributed by atoms with Gasteiger partial charge in [0.1, 0.15) is 4.75 Å². The smallest absolute Gasteiger partial charge is 0.319 e. The number of hydrogen-bond donors (Lipinski definition) is 2. The van der Waals surface area contributed by atoms with Crippen LogP contribution in [0.4, 0.5) is 5.69 Å². The molecule has 0 unspecified atom stereocenters. The van der Waals surface area contributed by atoms with E-state index in [1.807, 2.05) is 42.2 Å². The third kappa shape index (κ3) is 9.84. The highest BCUT2D eigenvalue weighted by Gasteiger charge is 2.28. The van der Waals surface area contributed by atoms with Crippen LogP contribution in [-0.4, -0.2) is 53.4 Å². The Morgan fingerprint density at radius 2 is 1.69 bits per heavy atom. The maximum absolute atomic E-state index is 12.8. The van der Waals surface area contributed by atoms with Crippen molar-refractivity contribution in [3.8, 4) is 0 Å². The number of thioether (sulfide) groups is 1. The van der Waals surface area contributed by atoms with Crippen LogP contribution in [-0.2, 0) is 26.3 Å². The molecule has 35 heavy (non-hydrogen) atoms. The van der Waals surface area contributed by atoms with Gasteiger partial charge in [-0.3, -0.25) is 14.5 Å². The molecular formula is C27H39ClN2O4S. The van der Waals surface area contributed by atoms with Crippen LogP contribution >= 0.6 is 24.2 Å². The van der Waals surface area contributed by atoms with Crippen molar-refractivity contribution >= 4 is 41.7 Å². The van der Waals surface area contributed by atoms with E-state index in [-0.39, 0.29) is 30.3 Å². The predicted octanol–water partition coefficient (Wildman–Crippen LogP) is 5.76. The van der Waals surface area contributed by atoms with Gasteiger partial charge in [0.15, 0.2) is 0 Å². The zero-order chi connectivity index (χ0) is 25.5. The fraction of sp³-hybridized carbons (Fsp3) is 0.481. The summed E-state index contributed by atoms with van der Waals surface area (Å²) in [6.45, 7) is 13.9. The van der Waals surface area contributed by atoms with Gasteiger partial charge in [0.05, 0.1) is 13.2 Å². The monoisotopic (exact) mass is 522 g/mol. The Morgan fingerprint density at radius 1 is 1.06 bits per heavy atom. The Morgan fingerprint density at radius 3 is 2.20 bits per heavy atom. The molecule has 0 aliphatic rings. The number of aryl methyl sites for hydroxylation is 1. The van der Waals surface area contributed by atoms with E-state index in [4.69, 9.17) is 4.74 Å². The number of rotatable bonds is 11. The number of aliphatic carboxylic acids is 1. The molecule has 194 valence electrons. The molecular weight excluding hydrogens is 484 g/mol. The first kappa shape index (κ1) is 31.0. The van der Waals surface area contributed by atoms with Gasteiger partial charge in [-0.2, -0.15) is 0 Å². The van der Waals surface area contributed by atoms with Gasteiger partial charge in [-0.05, 0) is 61.1 Å². The molecule has 0 saturated carbocycles. The molecule has 6 nitrogen and oxygen atoms in total. The Balaban J connectivity index is 0.00000612. The van der Waals surface area contributed by atoms with Crippen molar-refractivity contribution in [3.63, 3.8) is 0 Å². The quantitative estimate of drug-likeness (QED) is 0.365. The fourth-order valence-corrected chi connectivity index (χ4v) is 4.31. The number of carboxylic acids is 1. The molecule has 0 fully saturated rings. The molecule has 0 bridgehead atoms. The van der Waals surface area contributed by atoms with Gasteiger partial charge in [0, 0.05) is 30.8 Å². The molecule has 1 amide bonds. The number of halogens is 1. The number of anilines is 1. The minimum atomic E-state index is -0.896. The number of amides is 1. The Labute approximate surface area is 220 Å². The highest BCUT2D eigenvalue weighted by Crippen LogP contribution is 2.32. The maximum atomic E-state index is 12.8. The SMILES string of the molecule is COCCN(CC(=O)Nc1ccc(C(C)(C)C)cc1C)Cc1ccc(SC(C)(C)C(=O)O)cc1.Cl. The van der Waals surface area contributed by atoms with Crippen molar-refractivity contribution in [1.29, 1.82) is 0 Å². The van der Waals surface area contributed by atoms with Crippen LogP contribution in [0.25, 0.3) is 0 Å². The van der Waals surface area contributed by atoms with E-state index in [0.717, 1.165) is 21.7 Å². The third-order valence-corrected chi connectivity index (χ3v) is 6.76. The second kappa shape index (κ2) is 13.3. The van der Waals surface area contributed by atoms with E-state index in [0.29, 0.717) is 19.7 Å². The van der Waals surface area contributed by atoms with Gasteiger partial charge in [-0.15, -0.1) is 24.2 Å². The van der Waals surface area contributed by atoms with E-state index in [9.17, 15) is 14.7 Å². The van der Waals surface area contributed by atoms with Crippen LogP contribution in [0.3, 0.4) is 0 Å². The van der Waals surface area contributed by atoms with Gasteiger partial charge in [-0.1, -0.05) is 45.0 Å². The minimum absolute atomic E-state index is 0. The van der Waals surface area contributed by atoms with Crippen molar-refractivity contribution in [2.24, 2.45) is 0 Å². The summed E-state index contributed by atoms with van der Waals surface area (Å²) in [4.78, 5) is 27.1. The molecule has 2 N–H and O–H groups in total. The summed E-state index contributed by atoms with van der Waals surface area (Å²) in [5.41, 5.74) is 4.21. The normalized spacial score (nSPS) is 11.8. The number of hydrogen-bond acceptors (Lipinski definition) is 5. The lowest BCUT2D eigenvalue weighted by Crippen LogP contribution is -2.35. The van der Waals surface area contributed by atoms with Crippen molar-refractivity contribution in [2.45, 2.75) is 63.1 Å². The average Bonchev–Trinajstić information content (AvgIpc) is 2.73. The highest BCUT2D eigenvalue weighted by atomic mass is 35.5. The first-order chi connectivity index (χ1) is 15.8. The zero-order valence-electron chi connectivity index (χ0n) is 21.8. The Bertz CT molecular complexity index is 988. The van der Waals surface area contributed by atoms with E-state index in [1.165, 1.54) is 17.3 Å². The maximum Gasteiger partial charge on any atom is 0.319 e. The summed E-state index contributed by atoms with van der Waals surface area (Å²) in [6, 6.07) is 14.0. The fourth-order valence-electron chi connectivity index (χ4n) is 3.36. The summed E-state index contributed by atoms with van der Waals surface area (Å²) in [5, 5.41) is 12.4. The predicted molar refractivity (Wildman–Crippen MR) is 147 cm³/mol. The molecule has 2 aromatic rings. The van der Waals surface area contributed by atoms with Gasteiger partial charge < -0.3 is 15.2 Å². The first-order valence-corrected chi connectivity index (χ1v) is 12.3. The number of methoxy groups -OCH3 is 1. The van der Waals surface area contributed by atoms with Gasteiger partial charge in [0.25, 0.3) is 0 Å². The number of carbonyl (C=O) groups excluding carboxylic acids is 1. The molecule has 0 aliphatic heterocycles. The van der Waals surface area contributed by atoms with Crippen LogP contribution in [0.1, 0.15) is 51.3 Å². The van der Waals surface area contributed by atoms with Crippen molar-refractivity contribution in [2.75, 3.05) is 32.1 Å². The summed E-state index contributed by atoms with van der Waals surface area (Å²) in [5.74, 6) is -0.917. The topological polar surface area (TPSA) is 78.9 Å². The van der Waals surface area contributed by atoms with E-state index >= 15 is 0 Å². The second-order valence-corrected chi connectivity index (χ2v) is 11.8. The summed E-state index contributed by atoms with van der Waals surface area (Å²) >= 11 is 1.31. The summed E-state index contributed by atoms with van der Waals surface area (Å²) < 4.78 is 4.34. The largest absolute Gasteiger partial charge is 0.480 e. The summed E-state index contributed by atoms with van der Waals surface area (Å²) in [7, 11) is 1.65. The Hall–Kier alpha value is -2.06. The molecule has 0 aliphatic carbocycles. The van der Waals surface area contributed by atoms with Crippen LogP contribution in [0.5, 0.6) is 0 Å². The highest BCUT2D eigenvalue weighted by molar-refractivity contribution is 8.01. The number of nitrogens with zero attached hydrogens (tertiary/aromatic N) is 1. The van der Waals surface area contributed by atoms with E-state index < -0.39 is 10.7 Å². The molecule has 0 saturated heterocycles. The van der Waals surface area contributed by atoms with Gasteiger partial charge >= 0.3 is 5.97 Å². The lowest BCUT2D eigenvalue weighted by atomic mass is 9.86. The molecule has 0 spiro atoms. The lowest BCUT2D eigenvalue weighted by molar-refractivity contribution is -0.138. The molecule has 8 heteroatoms. The van der Waals surface area contributed by atoms with Crippen molar-refractivity contribution < 1.29 is 19.4 Å². The van der Waals surface area contributed by atoms with Gasteiger partial charge in [0.2, 0.25) is 5.91 Å². The number of carbonyl (C=O) groups is 2. The number of nitrogens with one attached hydrogen (secondary N) is 1. The summed E-state index contributed by atoms with van der Waals surface area (Å²) in [6.07, 6.45) is 0. The standard InChI is InChI=1S/C27H38N2O4S.ClH/c1-19-16-21(26(2,3)4)10-13-23(19)28-24(30)18-29(14-15-33-7)17-20-8-11-22(12-9-20)34-27(5,6)25(31)32;/h8-13,16H,14-15,17-18H2,1-7H3,(H,28,30)(H,31,32);1H. The molecule has 0 aromatic heterocycles. The van der Waals surface area contributed by atoms with Crippen LogP contribution in [0.15, 0.2) is 47.4 Å². The number of benzene rings is 2. The minimum Gasteiger partial charge on any atom is -0.480 e. The third-order valence-electron chi connectivity index (χ3n) is 5.56. The first-order valence-electron chi connectivity index (χ1n) is 11.5. The molecule has 0 heterocycles. The second-order valence-electron chi connectivity index (χ2n) is 10.1. The molecule has 0 atom stereocenters. The van der Waals surface area contributed by atoms with Gasteiger partial charge in [-0.25, -0.2) is 0 Å². The van der Waals surface area contributed by atoms with Crippen LogP contribution in [0, 0.1) is 6.92 Å². The number of carboxylic acid groups (broad SMARTS) is 1. The van der Waals surface area contributed by atoms with E-state index in [2.05, 4.69) is 38.2 Å². The lowest BCUT2D eigenvalue weighted by Gasteiger charge is -2.23. The molecule has 0 radical (unpaired) electrons. The van der Waals surface area contributed by atoms with Crippen LogP contribution in [0.2, 0.25) is 0 Å². The van der Waals surface area contributed by atoms with E-state index in [1.54, 1.807) is 21.0 Å². The molecule has 2 rings (SSSR count).